The average Bonchev–Trinajstić information content (AvgIpc) is 3.17. The molecule has 2 atom stereocenters. The van der Waals surface area contributed by atoms with Gasteiger partial charge in [0, 0.05) is 12.8 Å². The first-order valence-corrected chi connectivity index (χ1v) is 23.3. The van der Waals surface area contributed by atoms with Crippen LogP contribution in [0.25, 0.3) is 0 Å². The van der Waals surface area contributed by atoms with E-state index in [1.165, 1.54) is 135 Å². The van der Waals surface area contributed by atoms with Crippen molar-refractivity contribution in [3.8, 4) is 0 Å². The van der Waals surface area contributed by atoms with Gasteiger partial charge in [-0.1, -0.05) is 185 Å². The Morgan fingerprint density at radius 2 is 0.907 bits per heavy atom. The van der Waals surface area contributed by atoms with E-state index in [2.05, 4.69) is 43.5 Å². The summed E-state index contributed by atoms with van der Waals surface area (Å²) in [6, 6.07) is -0.665. The normalized spacial score (nSPS) is 13.0. The van der Waals surface area contributed by atoms with Gasteiger partial charge < -0.3 is 20.3 Å². The lowest BCUT2D eigenvalue weighted by atomic mass is 10.0. The lowest BCUT2D eigenvalue weighted by molar-refractivity contribution is -0.143. The smallest absolute Gasteiger partial charge is 0.305 e. The Hall–Kier alpha value is -1.92. The number of esters is 1. The van der Waals surface area contributed by atoms with E-state index in [4.69, 9.17) is 4.74 Å². The number of aliphatic hydroxyl groups is 2. The second kappa shape index (κ2) is 43.8. The molecule has 0 aromatic rings. The molecule has 316 valence electrons. The van der Waals surface area contributed by atoms with Gasteiger partial charge in [-0.25, -0.2) is 0 Å². The maximum atomic E-state index is 12.4. The SMILES string of the molecule is CCCC/C=C\CCCCCCCC(=O)OCCCCCC/C=C\CCCC(=O)NC(CO)C(O)/C=C/CCCCCCCCCCCCCCCCC. The number of amides is 1. The van der Waals surface area contributed by atoms with Crippen molar-refractivity contribution in [2.75, 3.05) is 13.2 Å². The van der Waals surface area contributed by atoms with E-state index in [-0.39, 0.29) is 18.5 Å². The summed E-state index contributed by atoms with van der Waals surface area (Å²) in [5.41, 5.74) is 0. The number of nitrogens with one attached hydrogen (secondary N) is 1. The minimum atomic E-state index is -0.875. The van der Waals surface area contributed by atoms with Gasteiger partial charge in [-0.05, 0) is 70.6 Å². The number of aliphatic hydroxyl groups excluding tert-OH is 2. The second-order valence-corrected chi connectivity index (χ2v) is 15.7. The molecule has 0 aromatic carbocycles. The van der Waals surface area contributed by atoms with Crippen molar-refractivity contribution in [1.29, 1.82) is 0 Å². The van der Waals surface area contributed by atoms with Crippen molar-refractivity contribution in [3.05, 3.63) is 36.5 Å². The lowest BCUT2D eigenvalue weighted by Crippen LogP contribution is -2.45. The van der Waals surface area contributed by atoms with Crippen LogP contribution in [0.4, 0.5) is 0 Å². The first-order valence-electron chi connectivity index (χ1n) is 23.3. The van der Waals surface area contributed by atoms with E-state index in [9.17, 15) is 19.8 Å². The molecule has 0 fully saturated rings. The lowest BCUT2D eigenvalue weighted by Gasteiger charge is -2.19. The van der Waals surface area contributed by atoms with E-state index in [0.29, 0.717) is 19.4 Å². The van der Waals surface area contributed by atoms with Crippen molar-refractivity contribution in [2.45, 2.75) is 244 Å². The molecule has 3 N–H and O–H groups in total. The molecule has 0 heterocycles. The summed E-state index contributed by atoms with van der Waals surface area (Å²) in [4.78, 5) is 24.3. The van der Waals surface area contributed by atoms with Crippen LogP contribution in [0.15, 0.2) is 36.5 Å². The molecule has 6 heteroatoms. The monoisotopic (exact) mass is 760 g/mol. The Balaban J connectivity index is 3.62. The molecule has 0 aliphatic rings. The number of rotatable bonds is 42. The van der Waals surface area contributed by atoms with Gasteiger partial charge in [-0.15, -0.1) is 0 Å². The third-order valence-electron chi connectivity index (χ3n) is 10.4. The molecule has 0 spiro atoms. The van der Waals surface area contributed by atoms with Gasteiger partial charge in [0.25, 0.3) is 0 Å². The minimum absolute atomic E-state index is 0.0499. The van der Waals surface area contributed by atoms with Crippen molar-refractivity contribution in [1.82, 2.24) is 5.32 Å². The van der Waals surface area contributed by atoms with Crippen LogP contribution in [0, 0.1) is 0 Å². The molecule has 6 nitrogen and oxygen atoms in total. The number of carbonyl (C=O) groups excluding carboxylic acids is 2. The van der Waals surface area contributed by atoms with Crippen LogP contribution in [0.2, 0.25) is 0 Å². The van der Waals surface area contributed by atoms with Crippen molar-refractivity contribution >= 4 is 11.9 Å². The molecule has 0 aliphatic heterocycles. The highest BCUT2D eigenvalue weighted by atomic mass is 16.5. The maximum absolute atomic E-state index is 12.4. The molecule has 0 saturated heterocycles. The third kappa shape index (κ3) is 39.8. The molecule has 54 heavy (non-hydrogen) atoms. The second-order valence-electron chi connectivity index (χ2n) is 15.7. The van der Waals surface area contributed by atoms with Gasteiger partial charge in [0.05, 0.1) is 25.4 Å². The number of hydrogen-bond acceptors (Lipinski definition) is 5. The molecular formula is C48H89NO5. The fourth-order valence-electron chi connectivity index (χ4n) is 6.73. The Labute approximate surface area is 334 Å². The standard InChI is InChI=1S/C48H89NO5/c1-3-5-7-9-11-13-15-16-17-18-19-20-22-24-28-32-36-40-46(51)45(44-50)49-47(52)41-37-33-29-25-23-27-31-35-39-43-54-48(53)42-38-34-30-26-21-14-12-10-8-6-4-2/h10,12,25,29,36,40,45-46,50-51H,3-9,11,13-24,26-28,30-35,37-39,41-44H2,1-2H3,(H,49,52)/b12-10-,29-25-,40-36+. The zero-order valence-electron chi connectivity index (χ0n) is 35.7. The molecule has 0 radical (unpaired) electrons. The average molecular weight is 760 g/mol. The molecule has 2 unspecified atom stereocenters. The van der Waals surface area contributed by atoms with Crippen molar-refractivity contribution in [2.24, 2.45) is 0 Å². The van der Waals surface area contributed by atoms with E-state index < -0.39 is 12.1 Å². The topological polar surface area (TPSA) is 95.9 Å². The highest BCUT2D eigenvalue weighted by molar-refractivity contribution is 5.76. The van der Waals surface area contributed by atoms with Crippen LogP contribution < -0.4 is 5.32 Å². The van der Waals surface area contributed by atoms with Gasteiger partial charge in [0.15, 0.2) is 0 Å². The first-order chi connectivity index (χ1) is 26.5. The summed E-state index contributed by atoms with van der Waals surface area (Å²) in [6.45, 7) is 4.76. The summed E-state index contributed by atoms with van der Waals surface area (Å²) < 4.78 is 5.40. The zero-order valence-corrected chi connectivity index (χ0v) is 35.7. The summed E-state index contributed by atoms with van der Waals surface area (Å²) in [5.74, 6) is -0.180. The molecular weight excluding hydrogens is 671 g/mol. The highest BCUT2D eigenvalue weighted by Gasteiger charge is 2.17. The van der Waals surface area contributed by atoms with E-state index in [1.54, 1.807) is 6.08 Å². The molecule has 1 amide bonds. The zero-order chi connectivity index (χ0) is 39.4. The molecule has 0 aliphatic carbocycles. The number of unbranched alkanes of at least 4 members (excludes halogenated alkanes) is 27. The summed E-state index contributed by atoms with van der Waals surface area (Å²) in [6.07, 6.45) is 51.4. The Morgan fingerprint density at radius 3 is 1.41 bits per heavy atom. The van der Waals surface area contributed by atoms with Gasteiger partial charge in [-0.2, -0.15) is 0 Å². The highest BCUT2D eigenvalue weighted by Crippen LogP contribution is 2.14. The van der Waals surface area contributed by atoms with Gasteiger partial charge in [-0.3, -0.25) is 9.59 Å². The van der Waals surface area contributed by atoms with Crippen LogP contribution in [-0.4, -0.2) is 47.4 Å². The van der Waals surface area contributed by atoms with Crippen molar-refractivity contribution < 1.29 is 24.5 Å². The Morgan fingerprint density at radius 1 is 0.500 bits per heavy atom. The van der Waals surface area contributed by atoms with E-state index >= 15 is 0 Å². The van der Waals surface area contributed by atoms with E-state index in [0.717, 1.165) is 70.6 Å². The number of ether oxygens (including phenoxy) is 1. The van der Waals surface area contributed by atoms with Crippen molar-refractivity contribution in [3.63, 3.8) is 0 Å². The van der Waals surface area contributed by atoms with Crippen LogP contribution >= 0.6 is 0 Å². The molecule has 0 saturated carbocycles. The largest absolute Gasteiger partial charge is 0.466 e. The quantitative estimate of drug-likeness (QED) is 0.0327. The van der Waals surface area contributed by atoms with E-state index in [1.807, 2.05) is 6.08 Å². The Kier molecular flexibility index (Phi) is 42.2. The Bertz CT molecular complexity index is 884. The number of allylic oxidation sites excluding steroid dienone is 5. The first kappa shape index (κ1) is 52.1. The van der Waals surface area contributed by atoms with Gasteiger partial charge in [0.1, 0.15) is 0 Å². The third-order valence-corrected chi connectivity index (χ3v) is 10.4. The number of hydrogen-bond donors (Lipinski definition) is 3. The van der Waals surface area contributed by atoms with Gasteiger partial charge >= 0.3 is 5.97 Å². The van der Waals surface area contributed by atoms with Crippen LogP contribution in [-0.2, 0) is 14.3 Å². The molecule has 0 rings (SSSR count). The minimum Gasteiger partial charge on any atom is -0.466 e. The summed E-state index contributed by atoms with van der Waals surface area (Å²) in [7, 11) is 0. The predicted molar refractivity (Wildman–Crippen MR) is 232 cm³/mol. The molecule has 0 aromatic heterocycles. The van der Waals surface area contributed by atoms with Gasteiger partial charge in [0.2, 0.25) is 5.91 Å². The van der Waals surface area contributed by atoms with Crippen LogP contribution in [0.5, 0.6) is 0 Å². The number of carbonyl (C=O) groups is 2. The van der Waals surface area contributed by atoms with Crippen LogP contribution in [0.3, 0.4) is 0 Å². The fourth-order valence-corrected chi connectivity index (χ4v) is 6.73. The molecule has 0 bridgehead atoms. The maximum Gasteiger partial charge on any atom is 0.305 e. The summed E-state index contributed by atoms with van der Waals surface area (Å²) in [5, 5.41) is 23.0. The van der Waals surface area contributed by atoms with Crippen LogP contribution in [0.1, 0.15) is 232 Å². The predicted octanol–water partition coefficient (Wildman–Crippen LogP) is 13.3. The summed E-state index contributed by atoms with van der Waals surface area (Å²) >= 11 is 0. The fraction of sp³-hybridized carbons (Fsp3) is 0.833.